The van der Waals surface area contributed by atoms with Crippen LogP contribution in [0.15, 0.2) is 53.4 Å². The molecule has 1 fully saturated rings. The van der Waals surface area contributed by atoms with E-state index in [1.54, 1.807) is 12.1 Å². The third-order valence-corrected chi connectivity index (χ3v) is 8.12. The average Bonchev–Trinajstić information content (AvgIpc) is 3.15. The van der Waals surface area contributed by atoms with Gasteiger partial charge in [0, 0.05) is 0 Å². The predicted octanol–water partition coefficient (Wildman–Crippen LogP) is 3.14. The Morgan fingerprint density at radius 2 is 1.07 bits per heavy atom. The van der Waals surface area contributed by atoms with Crippen LogP contribution >= 0.6 is 0 Å². The highest BCUT2D eigenvalue weighted by molar-refractivity contribution is 7.86. The normalized spacial score (nSPS) is 16.3. The minimum atomic E-state index is -3.77. The van der Waals surface area contributed by atoms with Gasteiger partial charge in [0.1, 0.15) is 12.4 Å². The van der Waals surface area contributed by atoms with Gasteiger partial charge in [-0.1, -0.05) is 29.8 Å². The van der Waals surface area contributed by atoms with Gasteiger partial charge in [0.2, 0.25) is 0 Å². The first kappa shape index (κ1) is 33.5. The summed E-state index contributed by atoms with van der Waals surface area (Å²) in [6.07, 6.45) is 0. The number of hydrogen-bond donors (Lipinski definition) is 0. The highest BCUT2D eigenvalue weighted by Crippen LogP contribution is 2.36. The summed E-state index contributed by atoms with van der Waals surface area (Å²) < 4.78 is 68.8. The third kappa shape index (κ3) is 11.0. The first-order chi connectivity index (χ1) is 19.5. The van der Waals surface area contributed by atoms with E-state index >= 15 is 0 Å². The molecule has 12 heteroatoms. The van der Waals surface area contributed by atoms with E-state index in [0.717, 1.165) is 16.8 Å². The van der Waals surface area contributed by atoms with Crippen molar-refractivity contribution in [2.45, 2.75) is 50.7 Å². The minimum Gasteiger partial charge on any atom is -0.491 e. The standard InChI is InChI=1S/C29H43BO10S/c1-24-6-12-27(13-7-24)41(31,32)38-23-21-36-19-17-34-15-14-33-16-18-35-20-22-37-26-10-8-25(9-11-26)30-39-28(2,3)29(4,5)40-30/h6-13H,14-23H2,1-5H3. The van der Waals surface area contributed by atoms with Crippen LogP contribution in [-0.2, 0) is 42.6 Å². The van der Waals surface area contributed by atoms with Crippen molar-refractivity contribution in [3.63, 3.8) is 0 Å². The minimum absolute atomic E-state index is 0.0564. The third-order valence-electron chi connectivity index (χ3n) is 6.79. The summed E-state index contributed by atoms with van der Waals surface area (Å²) in [6, 6.07) is 14.2. The molecule has 0 spiro atoms. The molecule has 0 bridgehead atoms. The highest BCUT2D eigenvalue weighted by Gasteiger charge is 2.51. The van der Waals surface area contributed by atoms with Crippen molar-refractivity contribution in [3.8, 4) is 5.75 Å². The second-order valence-electron chi connectivity index (χ2n) is 10.5. The van der Waals surface area contributed by atoms with Gasteiger partial charge in [-0.3, -0.25) is 4.18 Å². The van der Waals surface area contributed by atoms with Gasteiger partial charge >= 0.3 is 7.12 Å². The van der Waals surface area contributed by atoms with Crippen LogP contribution in [0.2, 0.25) is 0 Å². The molecule has 0 atom stereocenters. The van der Waals surface area contributed by atoms with Gasteiger partial charge in [0.05, 0.1) is 75.6 Å². The SMILES string of the molecule is Cc1ccc(S(=O)(=O)OCCOCCOCCOCCOCCOc2ccc(B3OC(C)(C)C(C)(C)O3)cc2)cc1. The summed E-state index contributed by atoms with van der Waals surface area (Å²) in [5, 5.41) is 0. The summed E-state index contributed by atoms with van der Waals surface area (Å²) in [5.74, 6) is 0.756. The summed E-state index contributed by atoms with van der Waals surface area (Å²) in [5.41, 5.74) is 1.19. The molecule has 228 valence electrons. The maximum Gasteiger partial charge on any atom is 0.494 e. The molecule has 1 saturated heterocycles. The molecule has 3 rings (SSSR count). The van der Waals surface area contributed by atoms with E-state index in [4.69, 9.17) is 37.2 Å². The molecule has 1 heterocycles. The lowest BCUT2D eigenvalue weighted by molar-refractivity contribution is -0.00682. The zero-order chi connectivity index (χ0) is 29.8. The molecule has 2 aromatic carbocycles. The fourth-order valence-electron chi connectivity index (χ4n) is 3.66. The predicted molar refractivity (Wildman–Crippen MR) is 155 cm³/mol. The van der Waals surface area contributed by atoms with Crippen LogP contribution in [0.3, 0.4) is 0 Å². The van der Waals surface area contributed by atoms with Crippen molar-refractivity contribution in [2.24, 2.45) is 0 Å². The lowest BCUT2D eigenvalue weighted by Crippen LogP contribution is -2.41. The maximum absolute atomic E-state index is 12.1. The molecule has 0 N–H and O–H groups in total. The van der Waals surface area contributed by atoms with E-state index in [1.165, 1.54) is 12.1 Å². The topological polar surface area (TPSA) is 108 Å². The number of benzene rings is 2. The van der Waals surface area contributed by atoms with Crippen molar-refractivity contribution < 1.29 is 45.6 Å². The van der Waals surface area contributed by atoms with Crippen molar-refractivity contribution in [1.29, 1.82) is 0 Å². The largest absolute Gasteiger partial charge is 0.494 e. The molecular formula is C29H43BO10S. The smallest absolute Gasteiger partial charge is 0.491 e. The molecular weight excluding hydrogens is 551 g/mol. The molecule has 0 aromatic heterocycles. The quantitative estimate of drug-likeness (QED) is 0.137. The van der Waals surface area contributed by atoms with Gasteiger partial charge in [-0.05, 0) is 64.3 Å². The highest BCUT2D eigenvalue weighted by atomic mass is 32.2. The second-order valence-corrected chi connectivity index (χ2v) is 12.2. The van der Waals surface area contributed by atoms with Crippen molar-refractivity contribution in [3.05, 3.63) is 54.1 Å². The summed E-state index contributed by atoms with van der Waals surface area (Å²) in [4.78, 5) is 0.131. The van der Waals surface area contributed by atoms with Gasteiger partial charge in [0.25, 0.3) is 10.1 Å². The van der Waals surface area contributed by atoms with Gasteiger partial charge in [-0.25, -0.2) is 0 Å². The van der Waals surface area contributed by atoms with Crippen LogP contribution in [0.4, 0.5) is 0 Å². The Hall–Kier alpha value is -2.03. The fraction of sp³-hybridized carbons (Fsp3) is 0.586. The number of aryl methyl sites for hydroxylation is 1. The van der Waals surface area contributed by atoms with E-state index in [1.807, 2.05) is 58.9 Å². The van der Waals surface area contributed by atoms with E-state index in [0.29, 0.717) is 52.9 Å². The zero-order valence-electron chi connectivity index (χ0n) is 24.8. The maximum atomic E-state index is 12.1. The van der Waals surface area contributed by atoms with Gasteiger partial charge < -0.3 is 33.0 Å². The zero-order valence-corrected chi connectivity index (χ0v) is 25.6. The summed E-state index contributed by atoms with van der Waals surface area (Å²) in [6.45, 7) is 13.5. The van der Waals surface area contributed by atoms with E-state index in [2.05, 4.69) is 0 Å². The van der Waals surface area contributed by atoms with Crippen LogP contribution in [0, 0.1) is 6.92 Å². The lowest BCUT2D eigenvalue weighted by Gasteiger charge is -2.32. The van der Waals surface area contributed by atoms with E-state index in [9.17, 15) is 8.42 Å². The van der Waals surface area contributed by atoms with Gasteiger partial charge in [0.15, 0.2) is 0 Å². The summed E-state index contributed by atoms with van der Waals surface area (Å²) >= 11 is 0. The fourth-order valence-corrected chi connectivity index (χ4v) is 4.55. The number of hydrogen-bond acceptors (Lipinski definition) is 10. The molecule has 2 aromatic rings. The Morgan fingerprint density at radius 1 is 0.634 bits per heavy atom. The Balaban J connectivity index is 1.10. The average molecular weight is 595 g/mol. The number of rotatable bonds is 19. The van der Waals surface area contributed by atoms with Crippen LogP contribution in [0.5, 0.6) is 5.75 Å². The van der Waals surface area contributed by atoms with Crippen LogP contribution in [-0.4, -0.2) is 92.8 Å². The van der Waals surface area contributed by atoms with Gasteiger partial charge in [-0.2, -0.15) is 8.42 Å². The Morgan fingerprint density at radius 3 is 1.56 bits per heavy atom. The lowest BCUT2D eigenvalue weighted by atomic mass is 9.79. The first-order valence-corrected chi connectivity index (χ1v) is 15.3. The van der Waals surface area contributed by atoms with E-state index in [-0.39, 0.29) is 36.4 Å². The van der Waals surface area contributed by atoms with Crippen LogP contribution in [0.25, 0.3) is 0 Å². The monoisotopic (exact) mass is 594 g/mol. The Labute approximate surface area is 244 Å². The van der Waals surface area contributed by atoms with Gasteiger partial charge in [-0.15, -0.1) is 0 Å². The molecule has 0 amide bonds. The van der Waals surface area contributed by atoms with E-state index < -0.39 is 10.1 Å². The molecule has 1 aliphatic rings. The molecule has 41 heavy (non-hydrogen) atoms. The van der Waals surface area contributed by atoms with Crippen molar-refractivity contribution in [1.82, 2.24) is 0 Å². The second kappa shape index (κ2) is 16.0. The molecule has 10 nitrogen and oxygen atoms in total. The Bertz CT molecular complexity index is 1120. The molecule has 0 aliphatic carbocycles. The molecule has 0 saturated carbocycles. The Kier molecular flexibility index (Phi) is 13.1. The van der Waals surface area contributed by atoms with Crippen molar-refractivity contribution in [2.75, 3.05) is 66.1 Å². The van der Waals surface area contributed by atoms with Crippen LogP contribution < -0.4 is 10.2 Å². The number of ether oxygens (including phenoxy) is 5. The molecule has 1 aliphatic heterocycles. The first-order valence-electron chi connectivity index (χ1n) is 13.9. The molecule has 0 unspecified atom stereocenters. The van der Waals surface area contributed by atoms with Crippen LogP contribution in [0.1, 0.15) is 33.3 Å². The molecule has 0 radical (unpaired) electrons. The summed E-state index contributed by atoms with van der Waals surface area (Å²) in [7, 11) is -4.16. The van der Waals surface area contributed by atoms with Crippen molar-refractivity contribution >= 4 is 22.7 Å².